The Hall–Kier alpha value is -0.940. The molecule has 0 aromatic rings. The largest absolute Gasteiger partial charge is 0.406 e. The minimum Gasteiger partial charge on any atom is -0.370 e. The molecule has 13 heavy (non-hydrogen) atoms. The minimum atomic E-state index is -4.21. The number of hydrogen-bond acceptors (Lipinski definition) is 1. The molecule has 0 radical (unpaired) electrons. The molecule has 1 aliphatic rings. The third-order valence-electron chi connectivity index (χ3n) is 1.86. The van der Waals surface area contributed by atoms with Gasteiger partial charge in [0.1, 0.15) is 6.54 Å². The number of aliphatic imine (C=N–C) groups is 1. The molecule has 1 fully saturated rings. The van der Waals surface area contributed by atoms with E-state index in [0.717, 1.165) is 17.7 Å². The zero-order valence-corrected chi connectivity index (χ0v) is 7.30. The molecule has 0 bridgehead atoms. The summed E-state index contributed by atoms with van der Waals surface area (Å²) < 4.78 is 36.1. The van der Waals surface area contributed by atoms with E-state index >= 15 is 0 Å². The first kappa shape index (κ1) is 10.1. The van der Waals surface area contributed by atoms with Gasteiger partial charge in [0.2, 0.25) is 0 Å². The lowest BCUT2D eigenvalue weighted by Gasteiger charge is -2.24. The van der Waals surface area contributed by atoms with Gasteiger partial charge in [0, 0.05) is 13.1 Å². The summed E-state index contributed by atoms with van der Waals surface area (Å²) in [7, 11) is 1.39. The molecule has 6 heteroatoms. The minimum absolute atomic E-state index is 0.0279. The van der Waals surface area contributed by atoms with Crippen LogP contribution in [0.3, 0.4) is 0 Å². The molecule has 0 atom stereocenters. The van der Waals surface area contributed by atoms with Crippen molar-refractivity contribution in [3.8, 4) is 0 Å². The number of halogens is 3. The zero-order chi connectivity index (χ0) is 10.1. The van der Waals surface area contributed by atoms with Crippen LogP contribution in [0.1, 0.15) is 12.8 Å². The van der Waals surface area contributed by atoms with E-state index in [1.165, 1.54) is 7.05 Å². The molecule has 0 amide bonds. The van der Waals surface area contributed by atoms with Crippen LogP contribution in [0.4, 0.5) is 13.2 Å². The summed E-state index contributed by atoms with van der Waals surface area (Å²) in [5.74, 6) is -0.0279. The lowest BCUT2D eigenvalue weighted by atomic mass is 10.5. The number of guanidine groups is 1. The first-order valence-electron chi connectivity index (χ1n) is 3.99. The van der Waals surface area contributed by atoms with Gasteiger partial charge in [0.15, 0.2) is 5.96 Å². The maximum Gasteiger partial charge on any atom is 0.406 e. The van der Waals surface area contributed by atoms with Gasteiger partial charge in [0.05, 0.1) is 0 Å². The Kier molecular flexibility index (Phi) is 2.68. The highest BCUT2D eigenvalue weighted by molar-refractivity contribution is 5.78. The van der Waals surface area contributed by atoms with Crippen LogP contribution in [0, 0.1) is 0 Å². The Morgan fingerprint density at radius 3 is 2.38 bits per heavy atom. The van der Waals surface area contributed by atoms with Gasteiger partial charge in [-0.25, -0.2) is 0 Å². The fraction of sp³-hybridized carbons (Fsp3) is 0.857. The van der Waals surface area contributed by atoms with E-state index in [0.29, 0.717) is 0 Å². The summed E-state index contributed by atoms with van der Waals surface area (Å²) in [6.45, 7) is -0.999. The maximum absolute atomic E-state index is 12.0. The molecule has 0 saturated heterocycles. The van der Waals surface area contributed by atoms with Crippen molar-refractivity contribution in [1.82, 2.24) is 4.90 Å². The number of nitrogens with zero attached hydrogens (tertiary/aromatic N) is 2. The highest BCUT2D eigenvalue weighted by atomic mass is 19.4. The summed E-state index contributed by atoms with van der Waals surface area (Å²) in [6.07, 6.45) is -2.67. The van der Waals surface area contributed by atoms with Crippen LogP contribution < -0.4 is 5.73 Å². The maximum atomic E-state index is 12.0. The van der Waals surface area contributed by atoms with Crippen molar-refractivity contribution in [2.75, 3.05) is 13.6 Å². The Bertz CT molecular complexity index is 208. The number of nitrogens with two attached hydrogens (primary N) is 1. The quantitative estimate of drug-likeness (QED) is 0.526. The van der Waals surface area contributed by atoms with E-state index in [1.807, 2.05) is 0 Å². The molecule has 3 nitrogen and oxygen atoms in total. The van der Waals surface area contributed by atoms with Crippen LogP contribution in [0.2, 0.25) is 0 Å². The molecule has 0 heterocycles. The van der Waals surface area contributed by atoms with E-state index in [1.54, 1.807) is 0 Å². The molecule has 2 N–H and O–H groups in total. The van der Waals surface area contributed by atoms with Crippen LogP contribution in [-0.4, -0.2) is 36.7 Å². The smallest absolute Gasteiger partial charge is 0.370 e. The highest BCUT2D eigenvalue weighted by Gasteiger charge is 2.38. The molecule has 1 aliphatic carbocycles. The summed E-state index contributed by atoms with van der Waals surface area (Å²) in [6, 6.07) is -0.0645. The second-order valence-corrected chi connectivity index (χ2v) is 3.06. The second-order valence-electron chi connectivity index (χ2n) is 3.06. The summed E-state index contributed by atoms with van der Waals surface area (Å²) in [5, 5.41) is 0. The average molecular weight is 195 g/mol. The van der Waals surface area contributed by atoms with Gasteiger partial charge in [0.25, 0.3) is 0 Å². The standard InChI is InChI=1S/C7H12F3N3/c1-12-6(11)13(5-2-3-5)4-7(8,9)10/h5H,2-4H2,1H3,(H2,11,12). The fourth-order valence-electron chi connectivity index (χ4n) is 1.10. The van der Waals surface area contributed by atoms with Crippen LogP contribution in [0.5, 0.6) is 0 Å². The number of rotatable bonds is 2. The first-order valence-corrected chi connectivity index (χ1v) is 3.99. The van der Waals surface area contributed by atoms with Crippen molar-refractivity contribution >= 4 is 5.96 Å². The normalized spacial score (nSPS) is 18.9. The molecule has 1 saturated carbocycles. The predicted molar refractivity (Wildman–Crippen MR) is 43.3 cm³/mol. The topological polar surface area (TPSA) is 41.6 Å². The molecule has 0 unspecified atom stereocenters. The van der Waals surface area contributed by atoms with Crippen molar-refractivity contribution in [3.05, 3.63) is 0 Å². The predicted octanol–water partition coefficient (Wildman–Crippen LogP) is 0.958. The molecule has 1 rings (SSSR count). The Morgan fingerprint density at radius 2 is 2.08 bits per heavy atom. The van der Waals surface area contributed by atoms with E-state index in [4.69, 9.17) is 5.73 Å². The molecule has 0 aromatic carbocycles. The zero-order valence-electron chi connectivity index (χ0n) is 7.30. The SMILES string of the molecule is CN=C(N)N(CC(F)(F)F)C1CC1. The van der Waals surface area contributed by atoms with Gasteiger partial charge in [-0.2, -0.15) is 13.2 Å². The first-order chi connectivity index (χ1) is 5.94. The van der Waals surface area contributed by atoms with Crippen LogP contribution in [0.25, 0.3) is 0 Å². The van der Waals surface area contributed by atoms with Crippen LogP contribution >= 0.6 is 0 Å². The fourth-order valence-corrected chi connectivity index (χ4v) is 1.10. The monoisotopic (exact) mass is 195 g/mol. The molecule has 0 spiro atoms. The average Bonchev–Trinajstić information content (AvgIpc) is 2.79. The Labute approximate surface area is 74.4 Å². The molecule has 76 valence electrons. The van der Waals surface area contributed by atoms with Crippen molar-refractivity contribution < 1.29 is 13.2 Å². The van der Waals surface area contributed by atoms with Crippen molar-refractivity contribution in [2.45, 2.75) is 25.1 Å². The van der Waals surface area contributed by atoms with Gasteiger partial charge in [-0.1, -0.05) is 0 Å². The van der Waals surface area contributed by atoms with E-state index < -0.39 is 12.7 Å². The van der Waals surface area contributed by atoms with Gasteiger partial charge in [-0.3, -0.25) is 4.99 Å². The third-order valence-corrected chi connectivity index (χ3v) is 1.86. The van der Waals surface area contributed by atoms with Crippen molar-refractivity contribution in [2.24, 2.45) is 10.7 Å². The lowest BCUT2D eigenvalue weighted by molar-refractivity contribution is -0.138. The van der Waals surface area contributed by atoms with Gasteiger partial charge in [-0.05, 0) is 12.8 Å². The van der Waals surface area contributed by atoms with E-state index in [-0.39, 0.29) is 12.0 Å². The van der Waals surface area contributed by atoms with E-state index in [9.17, 15) is 13.2 Å². The Morgan fingerprint density at radius 1 is 1.54 bits per heavy atom. The van der Waals surface area contributed by atoms with Gasteiger partial charge < -0.3 is 10.6 Å². The summed E-state index contributed by atoms with van der Waals surface area (Å²) >= 11 is 0. The summed E-state index contributed by atoms with van der Waals surface area (Å²) in [4.78, 5) is 4.67. The Balaban J connectivity index is 2.58. The summed E-state index contributed by atoms with van der Waals surface area (Å²) in [5.41, 5.74) is 5.34. The second kappa shape index (κ2) is 3.43. The van der Waals surface area contributed by atoms with Gasteiger partial charge >= 0.3 is 6.18 Å². The third kappa shape index (κ3) is 3.12. The lowest BCUT2D eigenvalue weighted by Crippen LogP contribution is -2.44. The molecular weight excluding hydrogens is 183 g/mol. The van der Waals surface area contributed by atoms with Gasteiger partial charge in [-0.15, -0.1) is 0 Å². The molecule has 0 aliphatic heterocycles. The van der Waals surface area contributed by atoms with Crippen LogP contribution in [0.15, 0.2) is 4.99 Å². The van der Waals surface area contributed by atoms with Crippen molar-refractivity contribution in [3.63, 3.8) is 0 Å². The van der Waals surface area contributed by atoms with E-state index in [2.05, 4.69) is 4.99 Å². The van der Waals surface area contributed by atoms with Crippen molar-refractivity contribution in [1.29, 1.82) is 0 Å². The number of hydrogen-bond donors (Lipinski definition) is 1. The molecular formula is C7H12F3N3. The highest BCUT2D eigenvalue weighted by Crippen LogP contribution is 2.29. The van der Waals surface area contributed by atoms with Crippen LogP contribution in [-0.2, 0) is 0 Å². The number of alkyl halides is 3. The molecule has 0 aromatic heterocycles.